The molecule has 116 valence electrons. The molecular weight excluding hydrogens is 274 g/mol. The second-order valence-corrected chi connectivity index (χ2v) is 5.99. The predicted octanol–water partition coefficient (Wildman–Crippen LogP) is 3.08. The molecule has 0 saturated carbocycles. The summed E-state index contributed by atoms with van der Waals surface area (Å²) in [4.78, 5) is 10.7. The van der Waals surface area contributed by atoms with Gasteiger partial charge in [0, 0.05) is 18.9 Å². The molecule has 0 spiro atoms. The van der Waals surface area contributed by atoms with Crippen molar-refractivity contribution in [1.82, 2.24) is 14.9 Å². The largest absolute Gasteiger partial charge is 0.463 e. The van der Waals surface area contributed by atoms with Crippen LogP contribution in [0.2, 0.25) is 0 Å². The van der Waals surface area contributed by atoms with Crippen molar-refractivity contribution in [2.45, 2.75) is 26.3 Å². The molecule has 2 aromatic rings. The van der Waals surface area contributed by atoms with Gasteiger partial charge in [-0.15, -0.1) is 0 Å². The molecule has 2 heterocycles. The number of hydrogen-bond acceptors (Lipinski definition) is 4. The van der Waals surface area contributed by atoms with Crippen LogP contribution in [-0.4, -0.2) is 34.6 Å². The highest BCUT2D eigenvalue weighted by molar-refractivity contribution is 5.25. The van der Waals surface area contributed by atoms with E-state index in [1.807, 2.05) is 0 Å². The van der Waals surface area contributed by atoms with E-state index >= 15 is 0 Å². The highest BCUT2D eigenvalue weighted by Crippen LogP contribution is 2.20. The molecule has 0 unspecified atom stereocenters. The number of hydrogen-bond donors (Lipinski definition) is 0. The van der Waals surface area contributed by atoms with Crippen molar-refractivity contribution < 1.29 is 4.74 Å². The smallest absolute Gasteiger partial charge is 0.316 e. The molecule has 1 aromatic carbocycles. The Hall–Kier alpha value is -1.94. The molecule has 1 fully saturated rings. The maximum absolute atomic E-state index is 5.68. The average Bonchev–Trinajstić information content (AvgIpc) is 2.57. The number of aryl methyl sites for hydroxylation is 1. The second kappa shape index (κ2) is 7.36. The first-order valence-corrected chi connectivity index (χ1v) is 7.98. The van der Waals surface area contributed by atoms with Crippen LogP contribution in [0.3, 0.4) is 0 Å². The van der Waals surface area contributed by atoms with Crippen molar-refractivity contribution in [1.29, 1.82) is 0 Å². The van der Waals surface area contributed by atoms with Crippen LogP contribution >= 0.6 is 0 Å². The molecule has 0 N–H and O–H groups in total. The van der Waals surface area contributed by atoms with Crippen molar-refractivity contribution >= 4 is 0 Å². The fourth-order valence-electron chi connectivity index (χ4n) is 2.89. The molecule has 0 bridgehead atoms. The Morgan fingerprint density at radius 2 is 1.82 bits per heavy atom. The van der Waals surface area contributed by atoms with Crippen molar-refractivity contribution in [2.75, 3.05) is 19.7 Å². The van der Waals surface area contributed by atoms with Gasteiger partial charge in [0.1, 0.15) is 0 Å². The van der Waals surface area contributed by atoms with E-state index in [1.54, 1.807) is 18.5 Å². The molecule has 4 heteroatoms. The predicted molar refractivity (Wildman–Crippen MR) is 86.7 cm³/mol. The third kappa shape index (κ3) is 4.04. The monoisotopic (exact) mass is 297 g/mol. The van der Waals surface area contributed by atoms with E-state index in [-0.39, 0.29) is 0 Å². The first-order chi connectivity index (χ1) is 10.8. The molecule has 1 saturated heterocycles. The summed E-state index contributed by atoms with van der Waals surface area (Å²) in [7, 11) is 0. The molecule has 22 heavy (non-hydrogen) atoms. The zero-order valence-electron chi connectivity index (χ0n) is 13.1. The molecule has 1 aliphatic rings. The lowest BCUT2D eigenvalue weighted by molar-refractivity contribution is 0.132. The van der Waals surface area contributed by atoms with E-state index in [2.05, 4.69) is 46.1 Å². The van der Waals surface area contributed by atoms with Gasteiger partial charge in [0.05, 0.1) is 6.61 Å². The van der Waals surface area contributed by atoms with Crippen LogP contribution in [0.25, 0.3) is 0 Å². The molecule has 4 nitrogen and oxygen atoms in total. The third-order valence-corrected chi connectivity index (χ3v) is 4.35. The minimum Gasteiger partial charge on any atom is -0.463 e. The first kappa shape index (κ1) is 15.0. The Morgan fingerprint density at radius 1 is 1.09 bits per heavy atom. The standard InChI is InChI=1S/C18H23N3O/c1-15-5-2-3-6-17(15)13-21-11-7-16(8-12-21)14-22-18-19-9-4-10-20-18/h2-6,9-10,16H,7-8,11-14H2,1H3. The normalized spacial score (nSPS) is 16.6. The van der Waals surface area contributed by atoms with E-state index in [1.165, 1.54) is 24.0 Å². The highest BCUT2D eigenvalue weighted by atomic mass is 16.5. The summed E-state index contributed by atoms with van der Waals surface area (Å²) in [6.45, 7) is 6.25. The minimum absolute atomic E-state index is 0.491. The van der Waals surface area contributed by atoms with Crippen molar-refractivity contribution in [3.05, 3.63) is 53.9 Å². The molecular formula is C18H23N3O. The van der Waals surface area contributed by atoms with Crippen LogP contribution in [-0.2, 0) is 6.54 Å². The maximum Gasteiger partial charge on any atom is 0.316 e. The maximum atomic E-state index is 5.68. The molecule has 1 aromatic heterocycles. The van der Waals surface area contributed by atoms with E-state index in [0.29, 0.717) is 11.9 Å². The fourth-order valence-corrected chi connectivity index (χ4v) is 2.89. The Balaban J connectivity index is 1.44. The number of aromatic nitrogens is 2. The van der Waals surface area contributed by atoms with E-state index in [0.717, 1.165) is 26.2 Å². The van der Waals surface area contributed by atoms with Gasteiger partial charge in [0.25, 0.3) is 0 Å². The highest BCUT2D eigenvalue weighted by Gasteiger charge is 2.20. The van der Waals surface area contributed by atoms with Gasteiger partial charge >= 0.3 is 6.01 Å². The van der Waals surface area contributed by atoms with Gasteiger partial charge in [-0.1, -0.05) is 24.3 Å². The fraction of sp³-hybridized carbons (Fsp3) is 0.444. The first-order valence-electron chi connectivity index (χ1n) is 7.98. The summed E-state index contributed by atoms with van der Waals surface area (Å²) in [6, 6.07) is 10.9. The third-order valence-electron chi connectivity index (χ3n) is 4.35. The lowest BCUT2D eigenvalue weighted by Gasteiger charge is -2.32. The lowest BCUT2D eigenvalue weighted by Crippen LogP contribution is -2.35. The lowest BCUT2D eigenvalue weighted by atomic mass is 9.97. The van der Waals surface area contributed by atoms with Crippen molar-refractivity contribution in [3.8, 4) is 6.01 Å². The van der Waals surface area contributed by atoms with Crippen molar-refractivity contribution in [2.24, 2.45) is 5.92 Å². The molecule has 0 aliphatic carbocycles. The number of benzene rings is 1. The Morgan fingerprint density at radius 3 is 2.55 bits per heavy atom. The van der Waals surface area contributed by atoms with Crippen molar-refractivity contribution in [3.63, 3.8) is 0 Å². The van der Waals surface area contributed by atoms with Gasteiger partial charge in [0.15, 0.2) is 0 Å². The van der Waals surface area contributed by atoms with Crippen LogP contribution in [0.15, 0.2) is 42.7 Å². The van der Waals surface area contributed by atoms with Gasteiger partial charge in [0.2, 0.25) is 0 Å². The Labute approximate surface area is 132 Å². The molecule has 1 aliphatic heterocycles. The van der Waals surface area contributed by atoms with Crippen LogP contribution in [0.5, 0.6) is 6.01 Å². The minimum atomic E-state index is 0.491. The van der Waals surface area contributed by atoms with Gasteiger partial charge < -0.3 is 4.74 Å². The zero-order valence-corrected chi connectivity index (χ0v) is 13.1. The van der Waals surface area contributed by atoms with Crippen LogP contribution in [0, 0.1) is 12.8 Å². The molecule has 3 rings (SSSR count). The summed E-state index contributed by atoms with van der Waals surface area (Å²) in [5.41, 5.74) is 2.82. The van der Waals surface area contributed by atoms with Crippen LogP contribution < -0.4 is 4.74 Å². The number of likely N-dealkylation sites (tertiary alicyclic amines) is 1. The number of rotatable bonds is 5. The Bertz CT molecular complexity index is 580. The SMILES string of the molecule is Cc1ccccc1CN1CCC(COc2ncccn2)CC1. The topological polar surface area (TPSA) is 38.2 Å². The van der Waals surface area contributed by atoms with Gasteiger partial charge in [-0.05, 0) is 56.0 Å². The quantitative estimate of drug-likeness (QED) is 0.850. The zero-order chi connectivity index (χ0) is 15.2. The van der Waals surface area contributed by atoms with Crippen LogP contribution in [0.4, 0.5) is 0 Å². The molecule has 0 atom stereocenters. The summed E-state index contributed by atoms with van der Waals surface area (Å²) in [5, 5.41) is 0. The molecule has 0 radical (unpaired) electrons. The number of ether oxygens (including phenoxy) is 1. The van der Waals surface area contributed by atoms with Gasteiger partial charge in [-0.25, -0.2) is 9.97 Å². The molecule has 0 amide bonds. The van der Waals surface area contributed by atoms with Gasteiger partial charge in [-0.2, -0.15) is 0 Å². The van der Waals surface area contributed by atoms with Gasteiger partial charge in [-0.3, -0.25) is 4.90 Å². The summed E-state index contributed by atoms with van der Waals surface area (Å²) in [5.74, 6) is 0.608. The number of nitrogens with zero attached hydrogens (tertiary/aromatic N) is 3. The summed E-state index contributed by atoms with van der Waals surface area (Å²) in [6.07, 6.45) is 5.79. The summed E-state index contributed by atoms with van der Waals surface area (Å²) < 4.78 is 5.68. The second-order valence-electron chi connectivity index (χ2n) is 5.99. The number of piperidine rings is 1. The Kier molecular flexibility index (Phi) is 5.01. The van der Waals surface area contributed by atoms with E-state index in [9.17, 15) is 0 Å². The average molecular weight is 297 g/mol. The summed E-state index contributed by atoms with van der Waals surface area (Å²) >= 11 is 0. The van der Waals surface area contributed by atoms with E-state index < -0.39 is 0 Å². The van der Waals surface area contributed by atoms with Crippen LogP contribution in [0.1, 0.15) is 24.0 Å². The van der Waals surface area contributed by atoms with E-state index in [4.69, 9.17) is 4.74 Å².